The number of benzene rings is 1. The van der Waals surface area contributed by atoms with E-state index in [0.717, 1.165) is 18.5 Å². The van der Waals surface area contributed by atoms with E-state index in [-0.39, 0.29) is 5.82 Å². The molecule has 0 aromatic heterocycles. The van der Waals surface area contributed by atoms with Crippen molar-refractivity contribution < 1.29 is 4.39 Å². The fraction of sp³-hybridized carbons (Fsp3) is 0.600. The maximum Gasteiger partial charge on any atom is 0.124 e. The van der Waals surface area contributed by atoms with E-state index in [2.05, 4.69) is 33.0 Å². The van der Waals surface area contributed by atoms with Gasteiger partial charge in [-0.3, -0.25) is 0 Å². The lowest BCUT2D eigenvalue weighted by Gasteiger charge is -2.22. The summed E-state index contributed by atoms with van der Waals surface area (Å²) in [4.78, 5) is 0. The van der Waals surface area contributed by atoms with Gasteiger partial charge in [-0.25, -0.2) is 4.39 Å². The smallest absolute Gasteiger partial charge is 0.124 e. The second kappa shape index (κ2) is 7.10. The summed E-state index contributed by atoms with van der Waals surface area (Å²) in [6, 6.07) is 5.16. The van der Waals surface area contributed by atoms with Gasteiger partial charge in [0, 0.05) is 11.1 Å². The molecule has 0 spiro atoms. The lowest BCUT2D eigenvalue weighted by Crippen LogP contribution is -2.31. The van der Waals surface area contributed by atoms with Crippen LogP contribution in [0.4, 0.5) is 4.39 Å². The first-order valence-electron chi connectivity index (χ1n) is 6.57. The minimum absolute atomic E-state index is 0.272. The zero-order chi connectivity index (χ0) is 13.7. The molecule has 0 saturated heterocycles. The van der Waals surface area contributed by atoms with Crippen molar-refractivity contribution in [1.82, 2.24) is 5.32 Å². The van der Waals surface area contributed by atoms with Gasteiger partial charge in [-0.05, 0) is 42.5 Å². The lowest BCUT2D eigenvalue weighted by atomic mass is 9.89. The van der Waals surface area contributed by atoms with E-state index >= 15 is 0 Å². The van der Waals surface area contributed by atoms with E-state index in [1.54, 1.807) is 6.07 Å². The van der Waals surface area contributed by atoms with Gasteiger partial charge in [0.2, 0.25) is 0 Å². The van der Waals surface area contributed by atoms with E-state index in [9.17, 15) is 4.39 Å². The predicted molar refractivity (Wildman–Crippen MR) is 76.6 cm³/mol. The Hall–Kier alpha value is -0.600. The Morgan fingerprint density at radius 2 is 1.83 bits per heavy atom. The average molecular weight is 272 g/mol. The van der Waals surface area contributed by atoms with E-state index in [4.69, 9.17) is 11.6 Å². The molecule has 1 N–H and O–H groups in total. The Kier molecular flexibility index (Phi) is 6.10. The van der Waals surface area contributed by atoms with Crippen LogP contribution in [0.3, 0.4) is 0 Å². The first kappa shape index (κ1) is 15.5. The normalized spacial score (nSPS) is 14.8. The van der Waals surface area contributed by atoms with Crippen LogP contribution in [0.25, 0.3) is 0 Å². The third-order valence-corrected chi connectivity index (χ3v) is 3.73. The average Bonchev–Trinajstić information content (AvgIpc) is 2.29. The second-order valence-corrected chi connectivity index (χ2v) is 5.86. The van der Waals surface area contributed by atoms with Crippen LogP contribution in [0.2, 0.25) is 5.02 Å². The Balaban J connectivity index is 2.55. The number of hydrogen-bond donors (Lipinski definition) is 1. The maximum absolute atomic E-state index is 13.0. The zero-order valence-corrected chi connectivity index (χ0v) is 12.4. The minimum Gasteiger partial charge on any atom is -0.314 e. The van der Waals surface area contributed by atoms with Crippen molar-refractivity contribution in [2.24, 2.45) is 11.8 Å². The van der Waals surface area contributed by atoms with Crippen LogP contribution in [0, 0.1) is 17.7 Å². The van der Waals surface area contributed by atoms with Crippen molar-refractivity contribution >= 4 is 11.6 Å². The first-order chi connectivity index (χ1) is 8.40. The highest BCUT2D eigenvalue weighted by Gasteiger charge is 2.14. The third kappa shape index (κ3) is 4.95. The summed E-state index contributed by atoms with van der Waals surface area (Å²) in [5.41, 5.74) is 1.03. The first-order valence-corrected chi connectivity index (χ1v) is 6.95. The van der Waals surface area contributed by atoms with Gasteiger partial charge in [-0.2, -0.15) is 0 Å². The summed E-state index contributed by atoms with van der Waals surface area (Å²) in [5, 5.41) is 3.98. The molecule has 0 aliphatic heterocycles. The highest BCUT2D eigenvalue weighted by molar-refractivity contribution is 6.31. The van der Waals surface area contributed by atoms with Gasteiger partial charge in [-0.1, -0.05) is 45.4 Å². The van der Waals surface area contributed by atoms with Crippen molar-refractivity contribution in [3.05, 3.63) is 34.6 Å². The van der Waals surface area contributed by atoms with Gasteiger partial charge in [0.1, 0.15) is 5.82 Å². The molecule has 2 unspecified atom stereocenters. The lowest BCUT2D eigenvalue weighted by molar-refractivity contribution is 0.354. The van der Waals surface area contributed by atoms with Crippen LogP contribution in [-0.2, 0) is 6.42 Å². The topological polar surface area (TPSA) is 12.0 Å². The maximum atomic E-state index is 13.0. The molecule has 0 aliphatic carbocycles. The number of hydrogen-bond acceptors (Lipinski definition) is 1. The predicted octanol–water partition coefficient (Wildman–Crippen LogP) is 4.29. The van der Waals surface area contributed by atoms with Gasteiger partial charge in [-0.15, -0.1) is 0 Å². The molecule has 0 saturated carbocycles. The molecular formula is C15H23ClFN. The Labute approximate surface area is 115 Å². The molecule has 1 aromatic carbocycles. The van der Waals surface area contributed by atoms with E-state index < -0.39 is 0 Å². The third-order valence-electron chi connectivity index (χ3n) is 3.38. The Bertz CT molecular complexity index is 379. The molecule has 102 valence electrons. The van der Waals surface area contributed by atoms with Crippen LogP contribution >= 0.6 is 11.6 Å². The summed E-state index contributed by atoms with van der Waals surface area (Å²) in [6.07, 6.45) is 0.889. The summed E-state index contributed by atoms with van der Waals surface area (Å²) in [5.74, 6) is 0.804. The number of rotatable bonds is 6. The molecule has 0 fully saturated rings. The molecule has 0 radical (unpaired) electrons. The molecule has 3 heteroatoms. The van der Waals surface area contributed by atoms with Crippen molar-refractivity contribution in [2.45, 2.75) is 40.2 Å². The Morgan fingerprint density at radius 3 is 2.39 bits per heavy atom. The second-order valence-electron chi connectivity index (χ2n) is 5.46. The van der Waals surface area contributed by atoms with Gasteiger partial charge in [0.15, 0.2) is 0 Å². The fourth-order valence-electron chi connectivity index (χ4n) is 1.86. The summed E-state index contributed by atoms with van der Waals surface area (Å²) in [6.45, 7) is 9.74. The fourth-order valence-corrected chi connectivity index (χ4v) is 2.10. The monoisotopic (exact) mass is 271 g/mol. The summed E-state index contributed by atoms with van der Waals surface area (Å²) < 4.78 is 13.0. The molecule has 1 rings (SSSR count). The van der Waals surface area contributed by atoms with Crippen molar-refractivity contribution in [3.8, 4) is 0 Å². The molecule has 0 amide bonds. The zero-order valence-electron chi connectivity index (χ0n) is 11.6. The van der Waals surface area contributed by atoms with Gasteiger partial charge in [0.05, 0.1) is 0 Å². The van der Waals surface area contributed by atoms with Crippen molar-refractivity contribution in [2.75, 3.05) is 6.54 Å². The van der Waals surface area contributed by atoms with Gasteiger partial charge >= 0.3 is 0 Å². The highest BCUT2D eigenvalue weighted by atomic mass is 35.5. The largest absolute Gasteiger partial charge is 0.314 e. The van der Waals surface area contributed by atoms with Gasteiger partial charge < -0.3 is 5.32 Å². The van der Waals surface area contributed by atoms with Crippen LogP contribution < -0.4 is 5.32 Å². The van der Waals surface area contributed by atoms with Crippen LogP contribution in [0.1, 0.15) is 33.3 Å². The molecule has 0 heterocycles. The van der Waals surface area contributed by atoms with Crippen LogP contribution in [-0.4, -0.2) is 12.6 Å². The van der Waals surface area contributed by atoms with E-state index in [0.29, 0.717) is 22.9 Å². The van der Waals surface area contributed by atoms with E-state index in [1.807, 2.05) is 0 Å². The minimum atomic E-state index is -0.272. The molecule has 1 nitrogen and oxygen atoms in total. The van der Waals surface area contributed by atoms with Crippen LogP contribution in [0.15, 0.2) is 18.2 Å². The molecule has 0 bridgehead atoms. The van der Waals surface area contributed by atoms with Crippen molar-refractivity contribution in [1.29, 1.82) is 0 Å². The van der Waals surface area contributed by atoms with Gasteiger partial charge in [0.25, 0.3) is 0 Å². The summed E-state index contributed by atoms with van der Waals surface area (Å²) >= 11 is 6.05. The molecule has 18 heavy (non-hydrogen) atoms. The number of halogens is 2. The molecule has 1 aromatic rings. The standard InChI is InChI=1S/C15H23ClFN/c1-10(2)18-9-12(4)11(3)7-13-5-6-14(17)8-15(13)16/h5-6,8,10-12,18H,7,9H2,1-4H3. The van der Waals surface area contributed by atoms with E-state index in [1.165, 1.54) is 12.1 Å². The molecular weight excluding hydrogens is 249 g/mol. The van der Waals surface area contributed by atoms with Crippen molar-refractivity contribution in [3.63, 3.8) is 0 Å². The molecule has 0 aliphatic rings. The highest BCUT2D eigenvalue weighted by Crippen LogP contribution is 2.23. The quantitative estimate of drug-likeness (QED) is 0.814. The Morgan fingerprint density at radius 1 is 1.17 bits per heavy atom. The van der Waals surface area contributed by atoms with Crippen LogP contribution in [0.5, 0.6) is 0 Å². The summed E-state index contributed by atoms with van der Waals surface area (Å²) in [7, 11) is 0. The molecule has 2 atom stereocenters. The SMILES string of the molecule is CC(C)NCC(C)C(C)Cc1ccc(F)cc1Cl. The number of nitrogens with one attached hydrogen (secondary N) is 1.